The molecule has 0 bridgehead atoms. The first kappa shape index (κ1) is 34.0. The minimum atomic E-state index is -0.560. The Labute approximate surface area is 198 Å². The van der Waals surface area contributed by atoms with Crippen molar-refractivity contribution in [1.29, 1.82) is 0 Å². The number of para-hydroxylation sites is 1. The summed E-state index contributed by atoms with van der Waals surface area (Å²) in [6.45, 7) is 23.3. The molecule has 0 saturated carbocycles. The SMILES string of the molecule is C=C(CCC=O)c1ccccc1NC(O)CC.C=C/C=C(\C)CC.C=C/C=C/CC.CC. The number of anilines is 1. The molecule has 0 amide bonds. The van der Waals surface area contributed by atoms with Crippen LogP contribution in [0.15, 0.2) is 80.0 Å². The van der Waals surface area contributed by atoms with Gasteiger partial charge in [0.2, 0.25) is 0 Å². The zero-order chi connectivity index (χ0) is 25.2. The fourth-order valence-electron chi connectivity index (χ4n) is 2.12. The number of hydrogen-bond donors (Lipinski definition) is 2. The molecule has 0 aromatic heterocycles. The Balaban J connectivity index is -0.000000464. The van der Waals surface area contributed by atoms with Crippen molar-refractivity contribution in [2.45, 2.75) is 79.9 Å². The molecular formula is C29H47NO2. The van der Waals surface area contributed by atoms with Crippen LogP contribution in [-0.2, 0) is 4.79 Å². The lowest BCUT2D eigenvalue weighted by Crippen LogP contribution is -2.17. The van der Waals surface area contributed by atoms with Gasteiger partial charge in [-0.1, -0.05) is 109 Å². The molecular weight excluding hydrogens is 394 g/mol. The molecule has 3 heteroatoms. The summed E-state index contributed by atoms with van der Waals surface area (Å²) in [5.41, 5.74) is 4.11. The lowest BCUT2D eigenvalue weighted by Gasteiger charge is -2.16. The third-order valence-electron chi connectivity index (χ3n) is 4.05. The third-order valence-corrected chi connectivity index (χ3v) is 4.05. The summed E-state index contributed by atoms with van der Waals surface area (Å²) in [7, 11) is 0. The maximum absolute atomic E-state index is 10.4. The van der Waals surface area contributed by atoms with Gasteiger partial charge >= 0.3 is 0 Å². The van der Waals surface area contributed by atoms with Crippen molar-refractivity contribution >= 4 is 17.5 Å². The number of nitrogens with one attached hydrogen (secondary N) is 1. The van der Waals surface area contributed by atoms with Gasteiger partial charge in [-0.15, -0.1) is 0 Å². The first-order chi connectivity index (χ1) is 15.4. The van der Waals surface area contributed by atoms with E-state index in [1.54, 1.807) is 6.08 Å². The molecule has 0 aliphatic heterocycles. The highest BCUT2D eigenvalue weighted by molar-refractivity contribution is 5.76. The third kappa shape index (κ3) is 20.6. The number of aldehydes is 1. The van der Waals surface area contributed by atoms with E-state index in [1.165, 1.54) is 5.57 Å². The highest BCUT2D eigenvalue weighted by atomic mass is 16.3. The van der Waals surface area contributed by atoms with E-state index in [4.69, 9.17) is 0 Å². The molecule has 0 fully saturated rings. The van der Waals surface area contributed by atoms with E-state index in [-0.39, 0.29) is 0 Å². The van der Waals surface area contributed by atoms with Crippen molar-refractivity contribution < 1.29 is 9.90 Å². The van der Waals surface area contributed by atoms with Crippen molar-refractivity contribution in [3.63, 3.8) is 0 Å². The van der Waals surface area contributed by atoms with Crippen LogP contribution in [0.4, 0.5) is 5.69 Å². The molecule has 0 aliphatic carbocycles. The number of aliphatic hydroxyl groups excluding tert-OH is 1. The Hall–Kier alpha value is -2.65. The van der Waals surface area contributed by atoms with E-state index in [1.807, 2.05) is 63.3 Å². The van der Waals surface area contributed by atoms with Crippen LogP contribution in [0.5, 0.6) is 0 Å². The van der Waals surface area contributed by atoms with Crippen LogP contribution in [0.1, 0.15) is 79.2 Å². The summed E-state index contributed by atoms with van der Waals surface area (Å²) >= 11 is 0. The molecule has 1 unspecified atom stereocenters. The maximum atomic E-state index is 10.4. The second kappa shape index (κ2) is 26.4. The molecule has 1 rings (SSSR count). The lowest BCUT2D eigenvalue weighted by atomic mass is 10.0. The zero-order valence-corrected chi connectivity index (χ0v) is 21.4. The van der Waals surface area contributed by atoms with Crippen molar-refractivity contribution in [3.8, 4) is 0 Å². The molecule has 1 atom stereocenters. The van der Waals surface area contributed by atoms with E-state index in [0.29, 0.717) is 19.3 Å². The number of benzene rings is 1. The first-order valence-electron chi connectivity index (χ1n) is 11.6. The van der Waals surface area contributed by atoms with E-state index in [0.717, 1.165) is 36.0 Å². The number of carbonyl (C=O) groups excluding carboxylic acids is 1. The minimum absolute atomic E-state index is 0.476. The van der Waals surface area contributed by atoms with Crippen molar-refractivity contribution in [2.75, 3.05) is 5.32 Å². The fourth-order valence-corrected chi connectivity index (χ4v) is 2.12. The highest BCUT2D eigenvalue weighted by Gasteiger charge is 2.07. The van der Waals surface area contributed by atoms with Gasteiger partial charge in [0.15, 0.2) is 0 Å². The van der Waals surface area contributed by atoms with Crippen LogP contribution in [0.25, 0.3) is 5.57 Å². The Kier molecular flexibility index (Phi) is 28.0. The maximum Gasteiger partial charge on any atom is 0.124 e. The van der Waals surface area contributed by atoms with Crippen LogP contribution >= 0.6 is 0 Å². The largest absolute Gasteiger partial charge is 0.374 e. The molecule has 180 valence electrons. The molecule has 1 aromatic carbocycles. The molecule has 32 heavy (non-hydrogen) atoms. The van der Waals surface area contributed by atoms with E-state index in [2.05, 4.69) is 51.9 Å². The molecule has 0 radical (unpaired) electrons. The zero-order valence-electron chi connectivity index (χ0n) is 21.4. The van der Waals surface area contributed by atoms with Crippen molar-refractivity contribution in [1.82, 2.24) is 0 Å². The lowest BCUT2D eigenvalue weighted by molar-refractivity contribution is -0.107. The first-order valence-corrected chi connectivity index (χ1v) is 11.6. The Morgan fingerprint density at radius 3 is 2.16 bits per heavy atom. The average Bonchev–Trinajstić information content (AvgIpc) is 2.83. The molecule has 0 saturated heterocycles. The highest BCUT2D eigenvalue weighted by Crippen LogP contribution is 2.26. The van der Waals surface area contributed by atoms with Crippen LogP contribution < -0.4 is 5.32 Å². The topological polar surface area (TPSA) is 49.3 Å². The van der Waals surface area contributed by atoms with Gasteiger partial charge in [-0.05, 0) is 44.2 Å². The van der Waals surface area contributed by atoms with Gasteiger partial charge in [0.05, 0.1) is 0 Å². The van der Waals surface area contributed by atoms with Crippen LogP contribution in [-0.4, -0.2) is 17.6 Å². The van der Waals surface area contributed by atoms with Gasteiger partial charge < -0.3 is 15.2 Å². The summed E-state index contributed by atoms with van der Waals surface area (Å²) in [5, 5.41) is 12.6. The van der Waals surface area contributed by atoms with Crippen LogP contribution in [0.3, 0.4) is 0 Å². The second-order valence-corrected chi connectivity index (χ2v) is 6.60. The number of hydrogen-bond acceptors (Lipinski definition) is 3. The minimum Gasteiger partial charge on any atom is -0.374 e. The van der Waals surface area contributed by atoms with Gasteiger partial charge in [-0.25, -0.2) is 0 Å². The standard InChI is InChI=1S/C14H19NO2.C7H12.C6H10.C2H6/c1-3-14(17)15-13-9-5-4-8-12(13)11(2)7-6-10-16;1-4-6-7(3)5-2;1-3-5-6-4-2;1-2/h4-5,8-10,14-15,17H,2-3,6-7H2,1H3;4,6H,1,5H2,2-3H3;3,5-6H,1,4H2,2H3;1-2H3/b;7-6+;6-5+;. The number of allylic oxidation sites excluding steroid dienone is 7. The van der Waals surface area contributed by atoms with Gasteiger partial charge in [0.25, 0.3) is 0 Å². The van der Waals surface area contributed by atoms with Gasteiger partial charge in [-0.2, -0.15) is 0 Å². The van der Waals surface area contributed by atoms with Gasteiger partial charge in [0, 0.05) is 17.7 Å². The van der Waals surface area contributed by atoms with Crippen molar-refractivity contribution in [2.24, 2.45) is 0 Å². The molecule has 0 spiro atoms. The smallest absolute Gasteiger partial charge is 0.124 e. The summed E-state index contributed by atoms with van der Waals surface area (Å²) in [5.74, 6) is 0. The number of carbonyl (C=O) groups is 1. The summed E-state index contributed by atoms with van der Waals surface area (Å²) in [6, 6.07) is 7.67. The van der Waals surface area contributed by atoms with Gasteiger partial charge in [-0.3, -0.25) is 0 Å². The predicted octanol–water partition coefficient (Wildman–Crippen LogP) is 8.51. The average molecular weight is 442 g/mol. The number of aliphatic hydroxyl groups is 1. The van der Waals surface area contributed by atoms with E-state index in [9.17, 15) is 9.90 Å². The molecule has 3 nitrogen and oxygen atoms in total. The molecule has 0 heterocycles. The second-order valence-electron chi connectivity index (χ2n) is 6.60. The Morgan fingerprint density at radius 2 is 1.75 bits per heavy atom. The van der Waals surface area contributed by atoms with E-state index >= 15 is 0 Å². The predicted molar refractivity (Wildman–Crippen MR) is 146 cm³/mol. The summed E-state index contributed by atoms with van der Waals surface area (Å²) in [4.78, 5) is 10.4. The van der Waals surface area contributed by atoms with E-state index < -0.39 is 6.23 Å². The quantitative estimate of drug-likeness (QED) is 0.205. The number of rotatable bonds is 11. The summed E-state index contributed by atoms with van der Waals surface area (Å²) < 4.78 is 0. The fraction of sp³-hybridized carbons (Fsp3) is 0.414. The molecule has 0 aliphatic rings. The van der Waals surface area contributed by atoms with Gasteiger partial charge in [0.1, 0.15) is 12.5 Å². The molecule has 1 aromatic rings. The Morgan fingerprint density at radius 1 is 1.12 bits per heavy atom. The molecule has 2 N–H and O–H groups in total. The normalized spacial score (nSPS) is 10.8. The Bertz CT molecular complexity index is 671. The monoisotopic (exact) mass is 441 g/mol. The van der Waals surface area contributed by atoms with Crippen LogP contribution in [0.2, 0.25) is 0 Å². The van der Waals surface area contributed by atoms with Crippen LogP contribution in [0, 0.1) is 0 Å². The summed E-state index contributed by atoms with van der Waals surface area (Å²) in [6.07, 6.45) is 14.0. The van der Waals surface area contributed by atoms with Crippen molar-refractivity contribution in [3.05, 3.63) is 85.5 Å².